The van der Waals surface area contributed by atoms with E-state index in [4.69, 9.17) is 0 Å². The van der Waals surface area contributed by atoms with Crippen LogP contribution in [-0.4, -0.2) is 23.9 Å². The van der Waals surface area contributed by atoms with Crippen LogP contribution in [0.2, 0.25) is 0 Å². The van der Waals surface area contributed by atoms with Crippen molar-refractivity contribution >= 4 is 52.9 Å². The Morgan fingerprint density at radius 1 is 1.27 bits per heavy atom. The van der Waals surface area contributed by atoms with Crippen molar-refractivity contribution in [2.75, 3.05) is 12.4 Å². The van der Waals surface area contributed by atoms with Crippen molar-refractivity contribution in [2.24, 2.45) is 4.99 Å². The summed E-state index contributed by atoms with van der Waals surface area (Å²) in [6.45, 7) is 5.30. The van der Waals surface area contributed by atoms with Crippen molar-refractivity contribution in [3.8, 4) is 0 Å². The Morgan fingerprint density at radius 3 is 2.69 bits per heavy atom. The number of hydrogen-bond donors (Lipinski definition) is 3. The van der Waals surface area contributed by atoms with E-state index in [0.717, 1.165) is 22.7 Å². The van der Waals surface area contributed by atoms with Crippen LogP contribution in [0.15, 0.2) is 35.5 Å². The lowest BCUT2D eigenvalue weighted by atomic mass is 10.2. The Kier molecular flexibility index (Phi) is 10.2. The van der Waals surface area contributed by atoms with Gasteiger partial charge in [0.1, 0.15) is 5.01 Å². The Labute approximate surface area is 175 Å². The molecule has 1 amide bonds. The van der Waals surface area contributed by atoms with E-state index in [1.165, 1.54) is 4.88 Å². The molecule has 8 heteroatoms. The Bertz CT molecular complexity index is 732. The van der Waals surface area contributed by atoms with Gasteiger partial charge in [-0.3, -0.25) is 9.79 Å². The number of carbonyl (C=O) groups is 1. The highest BCUT2D eigenvalue weighted by atomic mass is 127. The second-order valence-corrected chi connectivity index (χ2v) is 6.96. The maximum Gasteiger partial charge on any atom is 0.224 e. The van der Waals surface area contributed by atoms with Crippen LogP contribution in [0.3, 0.4) is 0 Å². The number of guanidine groups is 1. The van der Waals surface area contributed by atoms with Gasteiger partial charge in [0.05, 0.1) is 6.54 Å². The first kappa shape index (κ1) is 22.4. The van der Waals surface area contributed by atoms with Gasteiger partial charge in [-0.1, -0.05) is 19.1 Å². The molecule has 0 aliphatic heterocycles. The second kappa shape index (κ2) is 11.8. The van der Waals surface area contributed by atoms with Crippen LogP contribution in [0.1, 0.15) is 35.2 Å². The summed E-state index contributed by atoms with van der Waals surface area (Å²) in [6.07, 6.45) is 3.25. The quantitative estimate of drug-likeness (QED) is 0.317. The number of aliphatic imine (C=N–C) groups is 1. The summed E-state index contributed by atoms with van der Waals surface area (Å²) in [5.74, 6) is 0.761. The number of halogens is 1. The molecule has 0 bridgehead atoms. The lowest BCUT2D eigenvalue weighted by molar-refractivity contribution is -0.116. The normalized spacial score (nSPS) is 10.8. The zero-order valence-corrected chi connectivity index (χ0v) is 18.5. The van der Waals surface area contributed by atoms with Gasteiger partial charge in [-0.2, -0.15) is 0 Å². The fourth-order valence-corrected chi connectivity index (χ4v) is 2.99. The first-order valence-corrected chi connectivity index (χ1v) is 9.17. The first-order valence-electron chi connectivity index (χ1n) is 8.35. The van der Waals surface area contributed by atoms with Crippen LogP contribution in [0.4, 0.5) is 5.69 Å². The van der Waals surface area contributed by atoms with E-state index < -0.39 is 0 Å². The highest BCUT2D eigenvalue weighted by Gasteiger charge is 2.04. The smallest absolute Gasteiger partial charge is 0.224 e. The van der Waals surface area contributed by atoms with Gasteiger partial charge < -0.3 is 16.0 Å². The van der Waals surface area contributed by atoms with Crippen molar-refractivity contribution in [3.05, 3.63) is 45.9 Å². The number of aryl methyl sites for hydroxylation is 1. The third-order valence-corrected chi connectivity index (χ3v) is 4.36. The summed E-state index contributed by atoms with van der Waals surface area (Å²) in [5.41, 5.74) is 1.89. The highest BCUT2D eigenvalue weighted by Crippen LogP contribution is 2.12. The van der Waals surface area contributed by atoms with E-state index in [1.54, 1.807) is 18.4 Å². The first-order chi connectivity index (χ1) is 12.1. The predicted molar refractivity (Wildman–Crippen MR) is 119 cm³/mol. The van der Waals surface area contributed by atoms with E-state index in [2.05, 4.69) is 25.9 Å². The van der Waals surface area contributed by atoms with Crippen LogP contribution >= 0.6 is 35.3 Å². The van der Waals surface area contributed by atoms with Crippen LogP contribution < -0.4 is 16.0 Å². The zero-order chi connectivity index (χ0) is 18.1. The van der Waals surface area contributed by atoms with E-state index in [-0.39, 0.29) is 29.9 Å². The fourth-order valence-electron chi connectivity index (χ4n) is 2.26. The number of hydrogen-bond acceptors (Lipinski definition) is 4. The lowest BCUT2D eigenvalue weighted by Gasteiger charge is -2.12. The molecule has 142 valence electrons. The minimum Gasteiger partial charge on any atom is -0.352 e. The summed E-state index contributed by atoms with van der Waals surface area (Å²) < 4.78 is 0. The summed E-state index contributed by atoms with van der Waals surface area (Å²) in [5, 5.41) is 10.5. The number of amides is 1. The molecule has 1 heterocycles. The van der Waals surface area contributed by atoms with Crippen LogP contribution in [-0.2, 0) is 17.9 Å². The fraction of sp³-hybridized carbons (Fsp3) is 0.389. The molecule has 1 aromatic carbocycles. The van der Waals surface area contributed by atoms with Crippen molar-refractivity contribution in [1.82, 2.24) is 15.6 Å². The number of rotatable bonds is 7. The van der Waals surface area contributed by atoms with Crippen LogP contribution in [0.5, 0.6) is 0 Å². The summed E-state index contributed by atoms with van der Waals surface area (Å²) in [4.78, 5) is 21.4. The molecule has 0 unspecified atom stereocenters. The molecule has 0 aliphatic carbocycles. The van der Waals surface area contributed by atoms with Gasteiger partial charge in [0.2, 0.25) is 5.91 Å². The lowest BCUT2D eigenvalue weighted by Crippen LogP contribution is -2.36. The van der Waals surface area contributed by atoms with Gasteiger partial charge in [-0.05, 0) is 31.0 Å². The van der Waals surface area contributed by atoms with Gasteiger partial charge >= 0.3 is 0 Å². The summed E-state index contributed by atoms with van der Waals surface area (Å²) >= 11 is 1.67. The molecule has 2 rings (SSSR count). The van der Waals surface area contributed by atoms with E-state index in [9.17, 15) is 4.79 Å². The number of carbonyl (C=O) groups excluding carboxylic acids is 1. The number of aromatic nitrogens is 1. The van der Waals surface area contributed by atoms with Crippen LogP contribution in [0.25, 0.3) is 0 Å². The molecule has 2 aromatic rings. The van der Waals surface area contributed by atoms with Gasteiger partial charge in [-0.25, -0.2) is 4.98 Å². The molecule has 1 aromatic heterocycles. The number of nitrogens with one attached hydrogen (secondary N) is 3. The van der Waals surface area contributed by atoms with Crippen molar-refractivity contribution in [3.63, 3.8) is 0 Å². The monoisotopic (exact) mass is 487 g/mol. The molecule has 0 radical (unpaired) electrons. The minimum atomic E-state index is 0. The molecular formula is C18H26IN5OS. The van der Waals surface area contributed by atoms with Gasteiger partial charge in [0.15, 0.2) is 5.96 Å². The Hall–Kier alpha value is -1.68. The van der Waals surface area contributed by atoms with Gasteiger partial charge in [-0.15, -0.1) is 35.3 Å². The third kappa shape index (κ3) is 7.69. The third-order valence-electron chi connectivity index (χ3n) is 3.45. The molecule has 26 heavy (non-hydrogen) atoms. The predicted octanol–water partition coefficient (Wildman–Crippen LogP) is 3.67. The molecule has 3 N–H and O–H groups in total. The molecule has 0 atom stereocenters. The van der Waals surface area contributed by atoms with Crippen LogP contribution in [0, 0.1) is 6.92 Å². The summed E-state index contributed by atoms with van der Waals surface area (Å²) in [6, 6.07) is 7.82. The molecule has 0 aliphatic rings. The maximum absolute atomic E-state index is 11.7. The van der Waals surface area contributed by atoms with E-state index >= 15 is 0 Å². The van der Waals surface area contributed by atoms with E-state index in [1.807, 2.05) is 44.3 Å². The standard InChI is InChI=1S/C18H25N5OS.HI/c1-4-6-16(24)23-15-8-5-7-14(9-15)11-21-18(19-3)22-12-17-20-10-13(2)25-17;/h5,7-10H,4,6,11-12H2,1-3H3,(H,23,24)(H2,19,21,22);1H. The molecule has 6 nitrogen and oxygen atoms in total. The largest absolute Gasteiger partial charge is 0.352 e. The summed E-state index contributed by atoms with van der Waals surface area (Å²) in [7, 11) is 1.74. The molecule has 0 saturated heterocycles. The zero-order valence-electron chi connectivity index (χ0n) is 15.3. The number of nitrogens with zero attached hydrogens (tertiary/aromatic N) is 2. The minimum absolute atomic E-state index is 0. The molecular weight excluding hydrogens is 461 g/mol. The number of anilines is 1. The Morgan fingerprint density at radius 2 is 2.04 bits per heavy atom. The van der Waals surface area contributed by atoms with Crippen molar-refractivity contribution in [1.29, 1.82) is 0 Å². The molecule has 0 fully saturated rings. The Balaban J connectivity index is 0.00000338. The second-order valence-electron chi connectivity index (χ2n) is 5.64. The molecule has 0 saturated carbocycles. The van der Waals surface area contributed by atoms with Crippen molar-refractivity contribution in [2.45, 2.75) is 39.8 Å². The highest BCUT2D eigenvalue weighted by molar-refractivity contribution is 14.0. The van der Waals surface area contributed by atoms with Gasteiger partial charge in [0, 0.05) is 36.8 Å². The van der Waals surface area contributed by atoms with Crippen molar-refractivity contribution < 1.29 is 4.79 Å². The molecule has 0 spiro atoms. The van der Waals surface area contributed by atoms with Gasteiger partial charge in [0.25, 0.3) is 0 Å². The van der Waals surface area contributed by atoms with E-state index in [0.29, 0.717) is 25.5 Å². The maximum atomic E-state index is 11.7. The average Bonchev–Trinajstić information content (AvgIpc) is 3.01. The number of benzene rings is 1. The topological polar surface area (TPSA) is 78.4 Å². The SMILES string of the molecule is CCCC(=O)Nc1cccc(CNC(=NC)NCc2ncc(C)s2)c1.I. The number of thiazole rings is 1. The average molecular weight is 487 g/mol.